The lowest BCUT2D eigenvalue weighted by Gasteiger charge is -2.40. The van der Waals surface area contributed by atoms with Gasteiger partial charge in [0.15, 0.2) is 0 Å². The lowest BCUT2D eigenvalue weighted by Crippen LogP contribution is -2.37. The molecule has 0 aromatic heterocycles. The van der Waals surface area contributed by atoms with Gasteiger partial charge in [0.25, 0.3) is 0 Å². The van der Waals surface area contributed by atoms with Crippen LogP contribution >= 0.6 is 0 Å². The van der Waals surface area contributed by atoms with Crippen LogP contribution in [0, 0.1) is 41.4 Å². The Kier molecular flexibility index (Phi) is 17.1. The van der Waals surface area contributed by atoms with Crippen LogP contribution in [0.1, 0.15) is 200 Å². The molecule has 1 unspecified atom stereocenters. The van der Waals surface area contributed by atoms with Crippen molar-refractivity contribution in [2.24, 2.45) is 41.4 Å². The van der Waals surface area contributed by atoms with E-state index in [9.17, 15) is 0 Å². The van der Waals surface area contributed by atoms with E-state index < -0.39 is 0 Å². The molecule has 0 aromatic rings. The highest BCUT2D eigenvalue weighted by atomic mass is 16.7. The average molecular weight is 643 g/mol. The Bertz CT molecular complexity index is 746. The van der Waals surface area contributed by atoms with Gasteiger partial charge in [-0.15, -0.1) is 0 Å². The fourth-order valence-electron chi connectivity index (χ4n) is 11.0. The van der Waals surface area contributed by atoms with Crippen molar-refractivity contribution in [1.29, 1.82) is 0 Å². The zero-order valence-corrected chi connectivity index (χ0v) is 30.9. The summed E-state index contributed by atoms with van der Waals surface area (Å²) in [6.07, 6.45) is 42.1. The highest BCUT2D eigenvalue weighted by molar-refractivity contribution is 4.85. The summed E-state index contributed by atoms with van der Waals surface area (Å²) in [5, 5.41) is 0. The van der Waals surface area contributed by atoms with Crippen LogP contribution in [0.3, 0.4) is 0 Å². The maximum Gasteiger partial charge on any atom is 0.147 e. The van der Waals surface area contributed by atoms with Gasteiger partial charge in [-0.3, -0.25) is 0 Å². The van der Waals surface area contributed by atoms with Crippen molar-refractivity contribution in [1.82, 2.24) is 0 Å². The van der Waals surface area contributed by atoms with E-state index in [1.807, 2.05) is 0 Å². The summed E-state index contributed by atoms with van der Waals surface area (Å²) < 4.78 is 19.6. The van der Waals surface area contributed by atoms with Gasteiger partial charge in [0, 0.05) is 0 Å². The molecule has 5 saturated carbocycles. The summed E-state index contributed by atoms with van der Waals surface area (Å²) >= 11 is 0. The van der Waals surface area contributed by atoms with E-state index in [1.165, 1.54) is 186 Å². The zero-order valence-electron chi connectivity index (χ0n) is 30.9. The molecule has 3 nitrogen and oxygen atoms in total. The molecule has 0 amide bonds. The Labute approximate surface area is 286 Å². The Morgan fingerprint density at radius 2 is 0.935 bits per heavy atom. The molecule has 3 heteroatoms. The Morgan fingerprint density at radius 3 is 1.41 bits per heavy atom. The molecule has 5 aliphatic carbocycles. The number of hydrogen-bond acceptors (Lipinski definition) is 3. The molecule has 0 aliphatic heterocycles. The van der Waals surface area contributed by atoms with E-state index in [2.05, 4.69) is 13.8 Å². The van der Waals surface area contributed by atoms with Gasteiger partial charge in [-0.05, 0) is 131 Å². The topological polar surface area (TPSA) is 27.7 Å². The summed E-state index contributed by atoms with van der Waals surface area (Å²) in [4.78, 5) is 0. The largest absolute Gasteiger partial charge is 0.372 e. The van der Waals surface area contributed by atoms with E-state index in [-0.39, 0.29) is 6.10 Å². The van der Waals surface area contributed by atoms with Gasteiger partial charge >= 0.3 is 0 Å². The predicted octanol–water partition coefficient (Wildman–Crippen LogP) is 12.8. The fraction of sp³-hybridized carbons (Fsp3) is 1.00. The van der Waals surface area contributed by atoms with E-state index >= 15 is 0 Å². The molecule has 46 heavy (non-hydrogen) atoms. The van der Waals surface area contributed by atoms with E-state index in [0.717, 1.165) is 42.1 Å². The molecular formula is C43H78O3. The second kappa shape index (κ2) is 21.2. The van der Waals surface area contributed by atoms with Crippen LogP contribution in [0.15, 0.2) is 0 Å². The fourth-order valence-corrected chi connectivity index (χ4v) is 11.0. The first-order valence-electron chi connectivity index (χ1n) is 21.6. The minimum Gasteiger partial charge on any atom is -0.372 e. The van der Waals surface area contributed by atoms with Crippen LogP contribution < -0.4 is 0 Å². The summed E-state index contributed by atoms with van der Waals surface area (Å²) in [7, 11) is 0. The van der Waals surface area contributed by atoms with Crippen LogP contribution in [0.2, 0.25) is 0 Å². The molecule has 0 heterocycles. The number of rotatable bonds is 18. The second-order valence-electron chi connectivity index (χ2n) is 17.4. The smallest absolute Gasteiger partial charge is 0.147 e. The molecule has 1 atom stereocenters. The molecule has 0 N–H and O–H groups in total. The summed E-state index contributed by atoms with van der Waals surface area (Å²) in [5.41, 5.74) is 0. The van der Waals surface area contributed by atoms with Crippen molar-refractivity contribution in [3.05, 3.63) is 0 Å². The molecule has 268 valence electrons. The molecular weight excluding hydrogens is 564 g/mol. The Morgan fingerprint density at radius 1 is 0.478 bits per heavy atom. The van der Waals surface area contributed by atoms with Gasteiger partial charge < -0.3 is 14.2 Å². The second-order valence-corrected chi connectivity index (χ2v) is 17.4. The van der Waals surface area contributed by atoms with Crippen molar-refractivity contribution in [2.75, 3.05) is 13.4 Å². The van der Waals surface area contributed by atoms with Gasteiger partial charge in [-0.1, -0.05) is 110 Å². The van der Waals surface area contributed by atoms with Crippen LogP contribution in [0.5, 0.6) is 0 Å². The standard InChI is InChI=1S/C43H78O3/c1-3-5-8-12-34-16-20-36(21-17-34)38-24-28-41(29-25-38)45-33-44-32-43(40-14-10-7-11-15-40)46-42-30-26-39(27-31-42)37-22-18-35(19-23-37)13-9-6-4-2/h34-43H,3-33H2,1-2H3. The molecule has 0 saturated heterocycles. The third-order valence-corrected chi connectivity index (χ3v) is 14.2. The minimum atomic E-state index is 0.275. The monoisotopic (exact) mass is 643 g/mol. The number of unbranched alkanes of at least 4 members (excludes halogenated alkanes) is 4. The number of ether oxygens (including phenoxy) is 3. The van der Waals surface area contributed by atoms with E-state index in [0.29, 0.717) is 24.9 Å². The minimum absolute atomic E-state index is 0.275. The first-order chi connectivity index (χ1) is 22.7. The molecule has 0 aromatic carbocycles. The van der Waals surface area contributed by atoms with Crippen LogP contribution in [0.25, 0.3) is 0 Å². The summed E-state index contributed by atoms with van der Waals surface area (Å²) in [6.45, 7) is 5.88. The highest BCUT2D eigenvalue weighted by Gasteiger charge is 2.34. The third kappa shape index (κ3) is 12.3. The van der Waals surface area contributed by atoms with Gasteiger partial charge in [0.05, 0.1) is 24.9 Å². The molecule has 5 rings (SSSR count). The molecule has 0 bridgehead atoms. The maximum absolute atomic E-state index is 6.97. The van der Waals surface area contributed by atoms with Gasteiger partial charge in [-0.2, -0.15) is 0 Å². The van der Waals surface area contributed by atoms with Gasteiger partial charge in [0.2, 0.25) is 0 Å². The summed E-state index contributed by atoms with van der Waals surface area (Å²) in [5.74, 6) is 6.68. The third-order valence-electron chi connectivity index (χ3n) is 14.2. The van der Waals surface area contributed by atoms with Gasteiger partial charge in [-0.25, -0.2) is 0 Å². The summed E-state index contributed by atoms with van der Waals surface area (Å²) in [6, 6.07) is 0. The molecule has 0 radical (unpaired) electrons. The quantitative estimate of drug-likeness (QED) is 0.110. The van der Waals surface area contributed by atoms with Crippen molar-refractivity contribution < 1.29 is 14.2 Å². The lowest BCUT2D eigenvalue weighted by atomic mass is 9.70. The maximum atomic E-state index is 6.97. The first-order valence-corrected chi connectivity index (χ1v) is 21.6. The van der Waals surface area contributed by atoms with Crippen molar-refractivity contribution in [3.8, 4) is 0 Å². The molecule has 0 spiro atoms. The zero-order chi connectivity index (χ0) is 31.8. The van der Waals surface area contributed by atoms with E-state index in [4.69, 9.17) is 14.2 Å². The highest BCUT2D eigenvalue weighted by Crippen LogP contribution is 2.43. The Hall–Kier alpha value is -0.120. The Balaban J connectivity index is 0.954. The van der Waals surface area contributed by atoms with Crippen LogP contribution in [-0.2, 0) is 14.2 Å². The van der Waals surface area contributed by atoms with Crippen molar-refractivity contribution >= 4 is 0 Å². The van der Waals surface area contributed by atoms with Crippen molar-refractivity contribution in [3.63, 3.8) is 0 Å². The first kappa shape index (κ1) is 37.1. The van der Waals surface area contributed by atoms with Crippen molar-refractivity contribution in [2.45, 2.75) is 218 Å². The normalized spacial score (nSPS) is 35.6. The lowest BCUT2D eigenvalue weighted by molar-refractivity contribution is -0.151. The van der Waals surface area contributed by atoms with Crippen LogP contribution in [0.4, 0.5) is 0 Å². The van der Waals surface area contributed by atoms with Gasteiger partial charge in [0.1, 0.15) is 6.79 Å². The van der Waals surface area contributed by atoms with Crippen LogP contribution in [-0.4, -0.2) is 31.7 Å². The SMILES string of the molecule is CCCCCC1CCC(C2CCC(OCOCC(OC3CCC(C4CCC(CCCCC)CC4)CC3)C3CCCCC3)CC2)CC1. The number of hydrogen-bond donors (Lipinski definition) is 0. The molecule has 5 aliphatic rings. The molecule has 5 fully saturated rings. The van der Waals surface area contributed by atoms with E-state index in [1.54, 1.807) is 0 Å². The predicted molar refractivity (Wildman–Crippen MR) is 194 cm³/mol. The average Bonchev–Trinajstić information content (AvgIpc) is 3.11.